The molecule has 0 N–H and O–H groups in total. The Labute approximate surface area is 62.9 Å². The first-order chi connectivity index (χ1) is 4.70. The van der Waals surface area contributed by atoms with E-state index in [0.717, 1.165) is 13.0 Å². The smallest absolute Gasteiger partial charge is 0.0429 e. The predicted octanol–water partition coefficient (Wildman–Crippen LogP) is 2.43. The molecule has 0 saturated carbocycles. The number of hydrogen-bond acceptors (Lipinski definition) is 1. The number of dihydropyridines is 1. The monoisotopic (exact) mass is 137 g/mol. The van der Waals surface area contributed by atoms with E-state index in [9.17, 15) is 0 Å². The fourth-order valence-corrected chi connectivity index (χ4v) is 1.20. The highest BCUT2D eigenvalue weighted by atomic mass is 14.7. The van der Waals surface area contributed by atoms with Gasteiger partial charge >= 0.3 is 0 Å². The highest BCUT2D eigenvalue weighted by Gasteiger charge is 2.06. The van der Waals surface area contributed by atoms with Gasteiger partial charge in [0.2, 0.25) is 0 Å². The van der Waals surface area contributed by atoms with E-state index >= 15 is 0 Å². The SMILES string of the molecule is CC1=NCCC(C(C)C)=C1. The molecule has 56 valence electrons. The summed E-state index contributed by atoms with van der Waals surface area (Å²) in [6.07, 6.45) is 3.38. The first-order valence-corrected chi connectivity index (χ1v) is 3.91. The minimum Gasteiger partial charge on any atom is -0.290 e. The molecule has 1 nitrogen and oxygen atoms in total. The van der Waals surface area contributed by atoms with E-state index < -0.39 is 0 Å². The van der Waals surface area contributed by atoms with Gasteiger partial charge in [-0.05, 0) is 25.3 Å². The van der Waals surface area contributed by atoms with Gasteiger partial charge in [0, 0.05) is 12.3 Å². The standard InChI is InChI=1S/C9H15N/c1-7(2)9-4-5-10-8(3)6-9/h6-7H,4-5H2,1-3H3. The number of rotatable bonds is 1. The summed E-state index contributed by atoms with van der Waals surface area (Å²) in [7, 11) is 0. The Morgan fingerprint density at radius 1 is 1.50 bits per heavy atom. The van der Waals surface area contributed by atoms with E-state index in [1.807, 2.05) is 0 Å². The van der Waals surface area contributed by atoms with Gasteiger partial charge in [-0.25, -0.2) is 0 Å². The van der Waals surface area contributed by atoms with Crippen LogP contribution in [0.5, 0.6) is 0 Å². The van der Waals surface area contributed by atoms with Crippen molar-refractivity contribution in [2.75, 3.05) is 6.54 Å². The minimum absolute atomic E-state index is 0.699. The number of hydrogen-bond donors (Lipinski definition) is 0. The van der Waals surface area contributed by atoms with Gasteiger partial charge in [0.15, 0.2) is 0 Å². The van der Waals surface area contributed by atoms with E-state index in [4.69, 9.17) is 0 Å². The van der Waals surface area contributed by atoms with Crippen molar-refractivity contribution < 1.29 is 0 Å². The van der Waals surface area contributed by atoms with E-state index in [1.165, 1.54) is 5.71 Å². The molecule has 0 aromatic rings. The van der Waals surface area contributed by atoms with Crippen molar-refractivity contribution in [3.05, 3.63) is 11.6 Å². The second-order valence-corrected chi connectivity index (χ2v) is 3.15. The van der Waals surface area contributed by atoms with E-state index in [-0.39, 0.29) is 0 Å². The Bertz CT molecular complexity index is 175. The lowest BCUT2D eigenvalue weighted by molar-refractivity contribution is 0.709. The summed E-state index contributed by atoms with van der Waals surface area (Å²) in [6, 6.07) is 0. The Hall–Kier alpha value is -0.590. The van der Waals surface area contributed by atoms with Gasteiger partial charge < -0.3 is 0 Å². The average molecular weight is 137 g/mol. The molecule has 10 heavy (non-hydrogen) atoms. The highest BCUT2D eigenvalue weighted by Crippen LogP contribution is 2.16. The highest BCUT2D eigenvalue weighted by molar-refractivity contribution is 5.94. The van der Waals surface area contributed by atoms with Crippen molar-refractivity contribution in [2.24, 2.45) is 10.9 Å². The summed E-state index contributed by atoms with van der Waals surface area (Å²) in [6.45, 7) is 7.55. The Balaban J connectivity index is 2.69. The molecule has 0 atom stereocenters. The van der Waals surface area contributed by atoms with Crippen LogP contribution in [0.1, 0.15) is 27.2 Å². The third-order valence-corrected chi connectivity index (χ3v) is 1.90. The third kappa shape index (κ3) is 1.69. The molecule has 0 aromatic carbocycles. The summed E-state index contributed by atoms with van der Waals surface area (Å²) in [5.74, 6) is 0.699. The molecular formula is C9H15N. The first kappa shape index (κ1) is 7.52. The van der Waals surface area contributed by atoms with Crippen LogP contribution in [0.15, 0.2) is 16.6 Å². The van der Waals surface area contributed by atoms with Gasteiger partial charge in [0.1, 0.15) is 0 Å². The lowest BCUT2D eigenvalue weighted by Crippen LogP contribution is -2.05. The molecule has 0 bridgehead atoms. The van der Waals surface area contributed by atoms with E-state index in [0.29, 0.717) is 5.92 Å². The maximum Gasteiger partial charge on any atom is 0.0429 e. The number of aliphatic imine (C=N–C) groups is 1. The zero-order valence-electron chi connectivity index (χ0n) is 7.02. The largest absolute Gasteiger partial charge is 0.290 e. The first-order valence-electron chi connectivity index (χ1n) is 3.91. The van der Waals surface area contributed by atoms with Crippen molar-refractivity contribution in [3.63, 3.8) is 0 Å². The van der Waals surface area contributed by atoms with Crippen LogP contribution in [0.3, 0.4) is 0 Å². The second kappa shape index (κ2) is 3.00. The molecule has 0 fully saturated rings. The van der Waals surface area contributed by atoms with Crippen molar-refractivity contribution >= 4 is 5.71 Å². The Kier molecular flexibility index (Phi) is 2.25. The predicted molar refractivity (Wildman–Crippen MR) is 45.5 cm³/mol. The van der Waals surface area contributed by atoms with E-state index in [2.05, 4.69) is 31.8 Å². The van der Waals surface area contributed by atoms with Crippen LogP contribution in [0.2, 0.25) is 0 Å². The second-order valence-electron chi connectivity index (χ2n) is 3.15. The quantitative estimate of drug-likeness (QED) is 0.526. The van der Waals surface area contributed by atoms with Crippen LogP contribution in [0, 0.1) is 5.92 Å². The Morgan fingerprint density at radius 2 is 2.20 bits per heavy atom. The molecule has 0 radical (unpaired) electrons. The summed E-state index contributed by atoms with van der Waals surface area (Å²) < 4.78 is 0. The van der Waals surface area contributed by atoms with Crippen LogP contribution < -0.4 is 0 Å². The summed E-state index contributed by atoms with van der Waals surface area (Å²) in [4.78, 5) is 4.30. The van der Waals surface area contributed by atoms with Crippen LogP contribution in [-0.2, 0) is 0 Å². The molecule has 1 aliphatic heterocycles. The minimum atomic E-state index is 0.699. The maximum absolute atomic E-state index is 4.30. The molecule has 0 unspecified atom stereocenters. The van der Waals surface area contributed by atoms with Crippen molar-refractivity contribution in [3.8, 4) is 0 Å². The van der Waals surface area contributed by atoms with Crippen LogP contribution in [-0.4, -0.2) is 12.3 Å². The van der Waals surface area contributed by atoms with Gasteiger partial charge in [-0.15, -0.1) is 0 Å². The number of nitrogens with zero attached hydrogens (tertiary/aromatic N) is 1. The summed E-state index contributed by atoms with van der Waals surface area (Å²) in [5.41, 5.74) is 2.74. The fraction of sp³-hybridized carbons (Fsp3) is 0.667. The molecule has 1 aliphatic rings. The molecule has 1 heteroatoms. The van der Waals surface area contributed by atoms with Crippen LogP contribution in [0.4, 0.5) is 0 Å². The number of allylic oxidation sites excluding steroid dienone is 1. The summed E-state index contributed by atoms with van der Waals surface area (Å²) in [5, 5.41) is 0. The zero-order chi connectivity index (χ0) is 7.56. The van der Waals surface area contributed by atoms with Gasteiger partial charge in [-0.3, -0.25) is 4.99 Å². The lowest BCUT2D eigenvalue weighted by Gasteiger charge is -2.13. The molecule has 1 heterocycles. The molecular weight excluding hydrogens is 122 g/mol. The molecule has 1 rings (SSSR count). The normalized spacial score (nSPS) is 18.8. The molecule has 0 spiro atoms. The van der Waals surface area contributed by atoms with Gasteiger partial charge in [0.25, 0.3) is 0 Å². The van der Waals surface area contributed by atoms with Gasteiger partial charge in [0.05, 0.1) is 0 Å². The molecule has 0 amide bonds. The summed E-state index contributed by atoms with van der Waals surface area (Å²) >= 11 is 0. The zero-order valence-corrected chi connectivity index (χ0v) is 7.02. The lowest BCUT2D eigenvalue weighted by atomic mass is 9.97. The third-order valence-electron chi connectivity index (χ3n) is 1.90. The molecule has 0 aromatic heterocycles. The topological polar surface area (TPSA) is 12.4 Å². The van der Waals surface area contributed by atoms with Crippen LogP contribution >= 0.6 is 0 Å². The maximum atomic E-state index is 4.30. The van der Waals surface area contributed by atoms with Crippen LogP contribution in [0.25, 0.3) is 0 Å². The molecule has 0 saturated heterocycles. The van der Waals surface area contributed by atoms with Crippen molar-refractivity contribution in [1.82, 2.24) is 0 Å². The van der Waals surface area contributed by atoms with E-state index in [1.54, 1.807) is 5.57 Å². The average Bonchev–Trinajstić information content (AvgIpc) is 1.88. The van der Waals surface area contributed by atoms with Gasteiger partial charge in [-0.2, -0.15) is 0 Å². The molecule has 0 aliphatic carbocycles. The van der Waals surface area contributed by atoms with Crippen molar-refractivity contribution in [2.45, 2.75) is 27.2 Å². The Morgan fingerprint density at radius 3 is 2.60 bits per heavy atom. The fourth-order valence-electron chi connectivity index (χ4n) is 1.20. The van der Waals surface area contributed by atoms with Gasteiger partial charge in [-0.1, -0.05) is 19.4 Å². The van der Waals surface area contributed by atoms with Crippen molar-refractivity contribution in [1.29, 1.82) is 0 Å².